The summed E-state index contributed by atoms with van der Waals surface area (Å²) in [5, 5.41) is 17.0. The van der Waals surface area contributed by atoms with Crippen molar-refractivity contribution in [3.8, 4) is 0 Å². The van der Waals surface area contributed by atoms with Crippen LogP contribution in [0.25, 0.3) is 0 Å². The van der Waals surface area contributed by atoms with Gasteiger partial charge >= 0.3 is 11.9 Å². The van der Waals surface area contributed by atoms with Gasteiger partial charge in [-0.05, 0) is 104 Å². The average Bonchev–Trinajstić information content (AvgIpc) is 3.01. The van der Waals surface area contributed by atoms with Gasteiger partial charge in [-0.15, -0.1) is 0 Å². The van der Waals surface area contributed by atoms with Crippen LogP contribution in [0, 0.1) is 0 Å². The molecule has 5 nitrogen and oxygen atoms in total. The van der Waals surface area contributed by atoms with Gasteiger partial charge in [0.15, 0.2) is 0 Å². The molecule has 0 saturated carbocycles. The van der Waals surface area contributed by atoms with Gasteiger partial charge in [0.25, 0.3) is 0 Å². The first-order valence-electron chi connectivity index (χ1n) is 19.0. The third-order valence-corrected chi connectivity index (χ3v) is 7.35. The molecule has 0 bridgehead atoms. The van der Waals surface area contributed by atoms with Crippen molar-refractivity contribution < 1.29 is 19.8 Å². The molecule has 270 valence electrons. The Bertz CT molecular complexity index is 668. The Morgan fingerprint density at radius 1 is 0.435 bits per heavy atom. The third kappa shape index (κ3) is 57.5. The highest BCUT2D eigenvalue weighted by atomic mass is 16.4. The van der Waals surface area contributed by atoms with Crippen molar-refractivity contribution in [3.05, 3.63) is 48.6 Å². The van der Waals surface area contributed by atoms with Crippen molar-refractivity contribution in [1.82, 2.24) is 4.90 Å². The first-order chi connectivity index (χ1) is 22.3. The molecule has 0 spiro atoms. The van der Waals surface area contributed by atoms with E-state index in [1.165, 1.54) is 103 Å². The maximum absolute atomic E-state index is 10.3. The Kier molecular flexibility index (Phi) is 47.2. The Balaban J connectivity index is -0.000000682. The number of carbonyl (C=O) groups is 2. The van der Waals surface area contributed by atoms with Gasteiger partial charge in [0.05, 0.1) is 0 Å². The van der Waals surface area contributed by atoms with Crippen LogP contribution in [0.5, 0.6) is 0 Å². The molecule has 0 aliphatic heterocycles. The molecule has 0 amide bonds. The van der Waals surface area contributed by atoms with Gasteiger partial charge in [0.2, 0.25) is 0 Å². The quantitative estimate of drug-likeness (QED) is 0.0599. The molecule has 0 radical (unpaired) electrons. The van der Waals surface area contributed by atoms with E-state index >= 15 is 0 Å². The highest BCUT2D eigenvalue weighted by molar-refractivity contribution is 5.66. The molecule has 0 heterocycles. The Morgan fingerprint density at radius 2 is 0.739 bits per heavy atom. The number of nitrogens with zero attached hydrogens (tertiary/aromatic N) is 1. The van der Waals surface area contributed by atoms with Gasteiger partial charge in [-0.1, -0.05) is 134 Å². The highest BCUT2D eigenvalue weighted by Gasteiger charge is 1.96. The van der Waals surface area contributed by atoms with E-state index in [2.05, 4.69) is 88.4 Å². The van der Waals surface area contributed by atoms with Gasteiger partial charge in [0.1, 0.15) is 0 Å². The number of carboxylic acid groups (broad SMARTS) is 2. The topological polar surface area (TPSA) is 77.8 Å². The van der Waals surface area contributed by atoms with Crippen LogP contribution in [0.3, 0.4) is 0 Å². The molecule has 0 unspecified atom stereocenters. The standard InChI is InChI=1S/2C18H32O2.C5H13N/c2*1-2-3-4-5-6-7-8-9-10-11-12-13-14-15-16-17-18(19)20;1-4-5-6(2)3/h2*6-7,9-10H,2-5,8,11-17H2,1H3,(H,19,20);4-5H2,1-3H3/b2*7-6-,10-9-;. The predicted molar refractivity (Wildman–Crippen MR) is 203 cm³/mol. The van der Waals surface area contributed by atoms with Gasteiger partial charge in [-0.3, -0.25) is 9.59 Å². The minimum atomic E-state index is -0.671. The Morgan fingerprint density at radius 3 is 1.00 bits per heavy atom. The Hall–Kier alpha value is -2.14. The van der Waals surface area contributed by atoms with Crippen LogP contribution < -0.4 is 0 Å². The fourth-order valence-electron chi connectivity index (χ4n) is 4.62. The summed E-state index contributed by atoms with van der Waals surface area (Å²) in [5.74, 6) is -1.34. The summed E-state index contributed by atoms with van der Waals surface area (Å²) in [6.45, 7) is 7.86. The smallest absolute Gasteiger partial charge is 0.303 e. The minimum absolute atomic E-state index is 0.324. The molecule has 0 rings (SSSR count). The zero-order valence-electron chi connectivity index (χ0n) is 31.2. The summed E-state index contributed by atoms with van der Waals surface area (Å²) in [4.78, 5) is 22.8. The van der Waals surface area contributed by atoms with E-state index in [-0.39, 0.29) is 0 Å². The van der Waals surface area contributed by atoms with Crippen LogP contribution in [0.1, 0.15) is 181 Å². The molecule has 0 aliphatic carbocycles. The number of allylic oxidation sites excluding steroid dienone is 8. The van der Waals surface area contributed by atoms with E-state index in [4.69, 9.17) is 10.2 Å². The molecule has 0 aromatic carbocycles. The lowest BCUT2D eigenvalue weighted by molar-refractivity contribution is -0.138. The third-order valence-electron chi connectivity index (χ3n) is 7.35. The van der Waals surface area contributed by atoms with Crippen molar-refractivity contribution in [3.63, 3.8) is 0 Å². The van der Waals surface area contributed by atoms with Crippen LogP contribution >= 0.6 is 0 Å². The molecule has 0 saturated heterocycles. The first kappa shape index (κ1) is 48.3. The number of aliphatic carboxylic acids is 2. The fraction of sp³-hybridized carbons (Fsp3) is 0.756. The number of unbranched alkanes of at least 4 members (excludes halogenated alkanes) is 16. The molecule has 0 aromatic heterocycles. The van der Waals surface area contributed by atoms with E-state index < -0.39 is 11.9 Å². The number of hydrogen-bond donors (Lipinski definition) is 2. The van der Waals surface area contributed by atoms with Crippen molar-refractivity contribution in [1.29, 1.82) is 0 Å². The summed E-state index contributed by atoms with van der Waals surface area (Å²) >= 11 is 0. The number of rotatable bonds is 30. The fourth-order valence-corrected chi connectivity index (χ4v) is 4.62. The zero-order valence-corrected chi connectivity index (χ0v) is 31.2. The van der Waals surface area contributed by atoms with E-state index in [1.807, 2.05) is 0 Å². The molecule has 0 fully saturated rings. The predicted octanol–water partition coefficient (Wildman–Crippen LogP) is 12.7. The average molecular weight is 648 g/mol. The summed E-state index contributed by atoms with van der Waals surface area (Å²) in [6.07, 6.45) is 45.8. The van der Waals surface area contributed by atoms with E-state index in [9.17, 15) is 9.59 Å². The van der Waals surface area contributed by atoms with Crippen molar-refractivity contribution in [2.45, 2.75) is 181 Å². The Labute approximate surface area is 286 Å². The molecular formula is C41H77NO4. The monoisotopic (exact) mass is 648 g/mol. The largest absolute Gasteiger partial charge is 0.481 e. The lowest BCUT2D eigenvalue weighted by Crippen LogP contribution is -2.11. The lowest BCUT2D eigenvalue weighted by atomic mass is 10.1. The normalized spacial score (nSPS) is 11.4. The molecule has 5 heteroatoms. The second kappa shape index (κ2) is 45.0. The van der Waals surface area contributed by atoms with E-state index in [0.29, 0.717) is 12.8 Å². The van der Waals surface area contributed by atoms with Crippen LogP contribution in [0.4, 0.5) is 0 Å². The summed E-state index contributed by atoms with van der Waals surface area (Å²) < 4.78 is 0. The van der Waals surface area contributed by atoms with Gasteiger partial charge in [-0.25, -0.2) is 0 Å². The zero-order chi connectivity index (χ0) is 34.8. The van der Waals surface area contributed by atoms with E-state index in [1.54, 1.807) is 0 Å². The molecule has 46 heavy (non-hydrogen) atoms. The summed E-state index contributed by atoms with van der Waals surface area (Å²) in [7, 11) is 4.17. The minimum Gasteiger partial charge on any atom is -0.481 e. The lowest BCUT2D eigenvalue weighted by Gasteiger charge is -2.03. The summed E-state index contributed by atoms with van der Waals surface area (Å²) in [5.41, 5.74) is 0. The summed E-state index contributed by atoms with van der Waals surface area (Å²) in [6, 6.07) is 0. The SMILES string of the molecule is CCCCC/C=C\C/C=C\CCCCCCCC(=O)O.CCCCC/C=C\C/C=C\CCCCCCCC(=O)O.CCCN(C)C. The molecular weight excluding hydrogens is 570 g/mol. The van der Waals surface area contributed by atoms with Gasteiger partial charge in [-0.2, -0.15) is 0 Å². The van der Waals surface area contributed by atoms with E-state index in [0.717, 1.165) is 51.4 Å². The second-order valence-corrected chi connectivity index (χ2v) is 12.6. The van der Waals surface area contributed by atoms with Gasteiger partial charge in [0, 0.05) is 12.8 Å². The molecule has 2 N–H and O–H groups in total. The van der Waals surface area contributed by atoms with Crippen LogP contribution in [0.2, 0.25) is 0 Å². The first-order valence-corrected chi connectivity index (χ1v) is 19.0. The number of carboxylic acids is 2. The second-order valence-electron chi connectivity index (χ2n) is 12.6. The van der Waals surface area contributed by atoms with Gasteiger partial charge < -0.3 is 15.1 Å². The molecule has 0 aromatic rings. The highest BCUT2D eigenvalue weighted by Crippen LogP contribution is 2.09. The maximum Gasteiger partial charge on any atom is 0.303 e. The number of hydrogen-bond acceptors (Lipinski definition) is 3. The van der Waals surface area contributed by atoms with Crippen molar-refractivity contribution in [2.24, 2.45) is 0 Å². The maximum atomic E-state index is 10.3. The van der Waals surface area contributed by atoms with Crippen LogP contribution in [0.15, 0.2) is 48.6 Å². The van der Waals surface area contributed by atoms with Crippen LogP contribution in [-0.2, 0) is 9.59 Å². The molecule has 0 atom stereocenters. The van der Waals surface area contributed by atoms with Crippen LogP contribution in [-0.4, -0.2) is 47.7 Å². The van der Waals surface area contributed by atoms with Crippen molar-refractivity contribution in [2.75, 3.05) is 20.6 Å². The van der Waals surface area contributed by atoms with Crippen molar-refractivity contribution >= 4 is 11.9 Å². The molecule has 0 aliphatic rings.